The summed E-state index contributed by atoms with van der Waals surface area (Å²) in [7, 11) is 0. The molecule has 0 aliphatic carbocycles. The smallest absolute Gasteiger partial charge is 0.338 e. The molecule has 2 heterocycles. The Balaban J connectivity index is 1.36. The number of hydrogen-bond acceptors (Lipinski definition) is 9. The van der Waals surface area contributed by atoms with E-state index in [0.717, 1.165) is 5.56 Å². The van der Waals surface area contributed by atoms with Gasteiger partial charge in [0.1, 0.15) is 12.2 Å². The van der Waals surface area contributed by atoms with Gasteiger partial charge in [-0.25, -0.2) is 9.59 Å². The van der Waals surface area contributed by atoms with Crippen LogP contribution >= 0.6 is 12.2 Å². The van der Waals surface area contributed by atoms with Crippen molar-refractivity contribution in [2.45, 2.75) is 37.0 Å². The zero-order valence-corrected chi connectivity index (χ0v) is 23.7. The lowest BCUT2D eigenvalue weighted by molar-refractivity contribution is -0.349. The lowest BCUT2D eigenvalue weighted by Gasteiger charge is -2.48. The summed E-state index contributed by atoms with van der Waals surface area (Å²) in [5, 5.41) is 0.123. The average Bonchev–Trinajstić information content (AvgIpc) is 3.07. The molecule has 4 aromatic carbocycles. The van der Waals surface area contributed by atoms with E-state index in [0.29, 0.717) is 16.7 Å². The first-order valence-corrected chi connectivity index (χ1v) is 14.2. The maximum absolute atomic E-state index is 13.4. The molecule has 0 aromatic heterocycles. The molecule has 1 unspecified atom stereocenters. The highest BCUT2D eigenvalue weighted by Gasteiger charge is 2.55. The van der Waals surface area contributed by atoms with Crippen LogP contribution in [0.2, 0.25) is 0 Å². The third kappa shape index (κ3) is 6.65. The predicted molar refractivity (Wildman–Crippen MR) is 159 cm³/mol. The van der Waals surface area contributed by atoms with Crippen molar-refractivity contribution < 1.29 is 38.0 Å². The summed E-state index contributed by atoms with van der Waals surface area (Å²) in [5.41, 5.74) is 2.03. The van der Waals surface area contributed by atoms with Crippen LogP contribution in [0.25, 0.3) is 0 Å². The van der Waals surface area contributed by atoms with E-state index in [9.17, 15) is 9.59 Å². The molecule has 8 nitrogen and oxygen atoms in total. The molecule has 4 aromatic rings. The van der Waals surface area contributed by atoms with Gasteiger partial charge in [-0.15, -0.1) is 0 Å². The van der Waals surface area contributed by atoms with Gasteiger partial charge in [0.2, 0.25) is 12.4 Å². The van der Waals surface area contributed by atoms with Crippen LogP contribution < -0.4 is 0 Å². The second-order valence-corrected chi connectivity index (χ2v) is 10.3. The summed E-state index contributed by atoms with van der Waals surface area (Å²) in [6, 6.07) is 35.5. The van der Waals surface area contributed by atoms with Gasteiger partial charge in [0, 0.05) is 11.1 Å². The van der Waals surface area contributed by atoms with Gasteiger partial charge in [0.15, 0.2) is 17.4 Å². The van der Waals surface area contributed by atoms with Gasteiger partial charge < -0.3 is 28.4 Å². The maximum atomic E-state index is 13.4. The number of hydrogen-bond donors (Lipinski definition) is 0. The van der Waals surface area contributed by atoms with Crippen molar-refractivity contribution in [1.82, 2.24) is 0 Å². The first kappa shape index (κ1) is 28.7. The molecule has 0 spiro atoms. The van der Waals surface area contributed by atoms with E-state index in [1.54, 1.807) is 72.8 Å². The van der Waals surface area contributed by atoms with E-state index in [-0.39, 0.29) is 11.7 Å². The largest absolute Gasteiger partial charge is 0.452 e. The predicted octanol–water partition coefficient (Wildman–Crippen LogP) is 5.67. The fourth-order valence-corrected chi connectivity index (χ4v) is 5.19. The molecule has 43 heavy (non-hydrogen) atoms. The van der Waals surface area contributed by atoms with E-state index in [4.69, 9.17) is 40.6 Å². The molecular weight excluding hydrogens is 568 g/mol. The Bertz CT molecular complexity index is 1530. The van der Waals surface area contributed by atoms with Crippen molar-refractivity contribution in [2.75, 3.05) is 6.61 Å². The second-order valence-electron chi connectivity index (χ2n) is 9.96. The number of ether oxygens (including phenoxy) is 6. The van der Waals surface area contributed by atoms with Gasteiger partial charge in [-0.05, 0) is 36.5 Å². The standard InChI is InChI=1S/C34H28O8S/c35-30(22-13-5-1-6-14-22)39-28-27-26(21-37-32(41-27)24-17-9-3-10-18-24)38-33(42-34(43)25-19-11-4-12-20-25)29(28)40-31(36)23-15-7-2-8-16-23/h1-20,26-29,32-33H,21H2/t26-,27+,28+,29-,32+,33?/m1/s1. The molecule has 218 valence electrons. The van der Waals surface area contributed by atoms with Gasteiger partial charge >= 0.3 is 11.9 Å². The molecule has 0 bridgehead atoms. The summed E-state index contributed by atoms with van der Waals surface area (Å²) >= 11 is 5.58. The molecule has 2 aliphatic rings. The minimum atomic E-state index is -1.25. The Morgan fingerprint density at radius 2 is 1.09 bits per heavy atom. The third-order valence-corrected chi connectivity index (χ3v) is 7.43. The van der Waals surface area contributed by atoms with E-state index in [1.807, 2.05) is 48.5 Å². The van der Waals surface area contributed by atoms with E-state index in [1.165, 1.54) is 0 Å². The zero-order valence-electron chi connectivity index (χ0n) is 22.9. The Hall–Kier alpha value is -4.41. The van der Waals surface area contributed by atoms with Crippen LogP contribution in [0.3, 0.4) is 0 Å². The molecule has 6 atom stereocenters. The maximum Gasteiger partial charge on any atom is 0.338 e. The quantitative estimate of drug-likeness (QED) is 0.198. The number of carbonyl (C=O) groups is 2. The molecule has 2 saturated heterocycles. The van der Waals surface area contributed by atoms with Crippen molar-refractivity contribution in [3.8, 4) is 0 Å². The highest BCUT2D eigenvalue weighted by molar-refractivity contribution is 7.80. The van der Waals surface area contributed by atoms with Crippen LogP contribution in [0.1, 0.15) is 38.1 Å². The minimum absolute atomic E-state index is 0.0981. The van der Waals surface area contributed by atoms with Gasteiger partial charge in [-0.1, -0.05) is 97.1 Å². The van der Waals surface area contributed by atoms with Crippen molar-refractivity contribution in [3.05, 3.63) is 144 Å². The van der Waals surface area contributed by atoms with Crippen LogP contribution in [0.5, 0.6) is 0 Å². The lowest BCUT2D eigenvalue weighted by Crippen LogP contribution is -2.64. The van der Waals surface area contributed by atoms with Gasteiger partial charge in [-0.3, -0.25) is 0 Å². The topological polar surface area (TPSA) is 89.5 Å². The van der Waals surface area contributed by atoms with E-state index >= 15 is 0 Å². The summed E-state index contributed by atoms with van der Waals surface area (Å²) in [4.78, 5) is 26.8. The number of carbonyl (C=O) groups excluding carboxylic acids is 2. The van der Waals surface area contributed by atoms with Gasteiger partial charge in [-0.2, -0.15) is 0 Å². The summed E-state index contributed by atoms with van der Waals surface area (Å²) in [5.74, 6) is -1.28. The SMILES string of the molecule is O=C(O[C@H]1[C@H]2O[C@@H](c3ccccc3)OC[C@H]2OC(OC(=S)c2ccccc2)[C@@H]1OC(=O)c1ccccc1)c1ccccc1. The number of benzene rings is 4. The fraction of sp³-hybridized carbons (Fsp3) is 0.206. The number of esters is 2. The normalized spacial score (nSPS) is 24.7. The van der Waals surface area contributed by atoms with Gasteiger partial charge in [0.05, 0.1) is 17.7 Å². The van der Waals surface area contributed by atoms with Crippen LogP contribution in [-0.2, 0) is 28.4 Å². The summed E-state index contributed by atoms with van der Waals surface area (Å²) < 4.78 is 36.9. The van der Waals surface area contributed by atoms with Gasteiger partial charge in [0.25, 0.3) is 0 Å². The summed E-state index contributed by atoms with van der Waals surface area (Å²) in [6.07, 6.45) is -6.00. The molecule has 0 amide bonds. The molecule has 0 radical (unpaired) electrons. The highest BCUT2D eigenvalue weighted by Crippen LogP contribution is 2.37. The summed E-state index contributed by atoms with van der Waals surface area (Å²) in [6.45, 7) is 0.0981. The molecule has 9 heteroatoms. The van der Waals surface area contributed by atoms with E-state index < -0.39 is 48.9 Å². The molecule has 2 fully saturated rings. The molecular formula is C34H28O8S. The molecule has 0 saturated carbocycles. The van der Waals surface area contributed by atoms with Crippen LogP contribution in [0, 0.1) is 0 Å². The van der Waals surface area contributed by atoms with Crippen molar-refractivity contribution in [3.63, 3.8) is 0 Å². The van der Waals surface area contributed by atoms with Crippen molar-refractivity contribution in [2.24, 2.45) is 0 Å². The zero-order chi connectivity index (χ0) is 29.6. The first-order chi connectivity index (χ1) is 21.1. The number of rotatable bonds is 7. The monoisotopic (exact) mass is 596 g/mol. The second kappa shape index (κ2) is 13.3. The minimum Gasteiger partial charge on any atom is -0.452 e. The van der Waals surface area contributed by atoms with Crippen LogP contribution in [0.15, 0.2) is 121 Å². The molecule has 0 N–H and O–H groups in total. The van der Waals surface area contributed by atoms with Crippen LogP contribution in [0.4, 0.5) is 0 Å². The Morgan fingerprint density at radius 1 is 0.605 bits per heavy atom. The third-order valence-electron chi connectivity index (χ3n) is 7.09. The van der Waals surface area contributed by atoms with Crippen molar-refractivity contribution in [1.29, 1.82) is 0 Å². The Labute approximate surface area is 254 Å². The van der Waals surface area contributed by atoms with Crippen LogP contribution in [-0.4, -0.2) is 54.3 Å². The first-order valence-electron chi connectivity index (χ1n) is 13.8. The molecule has 2 aliphatic heterocycles. The lowest BCUT2D eigenvalue weighted by atomic mass is 9.97. The van der Waals surface area contributed by atoms with Crippen molar-refractivity contribution >= 4 is 29.2 Å². The van der Waals surface area contributed by atoms with E-state index in [2.05, 4.69) is 0 Å². The Morgan fingerprint density at radius 3 is 1.65 bits per heavy atom. The molecule has 6 rings (SSSR count). The number of fused-ring (bicyclic) bond motifs is 1. The Kier molecular flexibility index (Phi) is 8.85. The number of thiocarbonyl (C=S) groups is 1. The average molecular weight is 597 g/mol. The fourth-order valence-electron chi connectivity index (χ4n) is 4.96. The highest BCUT2D eigenvalue weighted by atomic mass is 32.1.